The van der Waals surface area contributed by atoms with E-state index in [0.29, 0.717) is 16.8 Å². The molecule has 0 saturated heterocycles. The Morgan fingerprint density at radius 1 is 1.29 bits per heavy atom. The lowest BCUT2D eigenvalue weighted by atomic mass is 10.1. The average molecular weight is 535 g/mol. The van der Waals surface area contributed by atoms with E-state index in [-0.39, 0.29) is 17.1 Å². The maximum atomic E-state index is 13.0. The topological polar surface area (TPSA) is 84.0 Å². The van der Waals surface area contributed by atoms with Crippen LogP contribution in [-0.2, 0) is 11.0 Å². The molecule has 6 nitrogen and oxygen atoms in total. The molecule has 3 aromatic rings. The molecule has 1 aromatic heterocycles. The number of anilines is 1. The summed E-state index contributed by atoms with van der Waals surface area (Å²) < 4.78 is 40.9. The minimum absolute atomic E-state index is 0.0507. The number of hydrogen-bond acceptors (Lipinski definition) is 4. The second-order valence-electron chi connectivity index (χ2n) is 6.84. The maximum Gasteiger partial charge on any atom is 0.416 e. The van der Waals surface area contributed by atoms with Gasteiger partial charge in [-0.05, 0) is 30.3 Å². The molecule has 162 valence electrons. The molecule has 2 aromatic carbocycles. The van der Waals surface area contributed by atoms with Crippen molar-refractivity contribution < 1.29 is 18.0 Å². The van der Waals surface area contributed by atoms with Crippen molar-refractivity contribution >= 4 is 61.9 Å². The average Bonchev–Trinajstić information content (AvgIpc) is 2.67. The molecule has 4 rings (SSSR count). The number of H-pyrrole nitrogens is 1. The number of carbonyl (C=O) groups is 1. The third kappa shape index (κ3) is 4.26. The van der Waals surface area contributed by atoms with Gasteiger partial charge in [-0.1, -0.05) is 27.5 Å². The molecular weight excluding hydrogens is 523 g/mol. The standard InChI is InChI=1S/C19H12BrClF3N3O3S/c20-9-4-13-16-14(5-9)31-7-10(27(16)18(30)17(29)26-13)6-15(28)25-12-3-8(19(22,23)24)1-2-11(12)21/h1-5,10H,6-7H2,(H,25,28)(H,26,29). The third-order valence-corrected chi connectivity index (χ3v) is 6.69. The molecule has 1 atom stereocenters. The SMILES string of the molecule is O=C(CC1CSc2cc(Br)cc3[nH]c(=O)c(=O)n1c23)Nc1cc(C(F)(F)F)ccc1Cl. The van der Waals surface area contributed by atoms with Gasteiger partial charge in [-0.15, -0.1) is 11.8 Å². The fourth-order valence-electron chi connectivity index (χ4n) is 3.39. The number of halogens is 5. The van der Waals surface area contributed by atoms with Crippen molar-refractivity contribution in [2.24, 2.45) is 0 Å². The van der Waals surface area contributed by atoms with E-state index in [4.69, 9.17) is 11.6 Å². The van der Waals surface area contributed by atoms with Gasteiger partial charge in [-0.25, -0.2) is 0 Å². The zero-order valence-electron chi connectivity index (χ0n) is 15.3. The first-order valence-electron chi connectivity index (χ1n) is 8.82. The Bertz CT molecular complexity index is 1340. The highest BCUT2D eigenvalue weighted by molar-refractivity contribution is 9.10. The predicted molar refractivity (Wildman–Crippen MR) is 116 cm³/mol. The van der Waals surface area contributed by atoms with Crippen LogP contribution < -0.4 is 16.4 Å². The van der Waals surface area contributed by atoms with Crippen molar-refractivity contribution in [2.45, 2.75) is 23.5 Å². The highest BCUT2D eigenvalue weighted by Gasteiger charge is 2.31. The van der Waals surface area contributed by atoms with Gasteiger partial charge in [0.05, 0.1) is 33.3 Å². The van der Waals surface area contributed by atoms with Crippen LogP contribution in [0.5, 0.6) is 0 Å². The molecule has 0 spiro atoms. The van der Waals surface area contributed by atoms with Crippen LogP contribution in [0.25, 0.3) is 11.0 Å². The molecule has 12 heteroatoms. The highest BCUT2D eigenvalue weighted by atomic mass is 79.9. The summed E-state index contributed by atoms with van der Waals surface area (Å²) in [7, 11) is 0. The number of amides is 1. The molecule has 1 aliphatic heterocycles. The Balaban J connectivity index is 1.67. The van der Waals surface area contributed by atoms with E-state index in [2.05, 4.69) is 26.2 Å². The number of nitrogens with one attached hydrogen (secondary N) is 2. The van der Waals surface area contributed by atoms with Gasteiger partial charge in [-0.3, -0.25) is 19.0 Å². The minimum Gasteiger partial charge on any atom is -0.325 e. The summed E-state index contributed by atoms with van der Waals surface area (Å²) in [6.45, 7) is 0. The molecule has 2 heterocycles. The van der Waals surface area contributed by atoms with Crippen LogP contribution in [0.2, 0.25) is 5.02 Å². The number of carbonyl (C=O) groups excluding carboxylic acids is 1. The smallest absolute Gasteiger partial charge is 0.325 e. The Morgan fingerprint density at radius 2 is 2.03 bits per heavy atom. The van der Waals surface area contributed by atoms with Crippen molar-refractivity contribution in [1.82, 2.24) is 9.55 Å². The van der Waals surface area contributed by atoms with Gasteiger partial charge in [-0.2, -0.15) is 13.2 Å². The Labute approximate surface area is 189 Å². The van der Waals surface area contributed by atoms with Crippen molar-refractivity contribution in [2.75, 3.05) is 11.1 Å². The van der Waals surface area contributed by atoms with E-state index in [1.807, 2.05) is 0 Å². The van der Waals surface area contributed by atoms with Crippen molar-refractivity contribution in [1.29, 1.82) is 0 Å². The Hall–Kier alpha value is -2.24. The predicted octanol–water partition coefficient (Wildman–Crippen LogP) is 4.80. The zero-order chi connectivity index (χ0) is 22.5. The van der Waals surface area contributed by atoms with Crippen molar-refractivity contribution in [3.05, 3.63) is 66.1 Å². The Morgan fingerprint density at radius 3 is 2.74 bits per heavy atom. The van der Waals surface area contributed by atoms with E-state index in [9.17, 15) is 27.6 Å². The molecule has 1 unspecified atom stereocenters. The minimum atomic E-state index is -4.59. The molecule has 0 radical (unpaired) electrons. The molecule has 0 fully saturated rings. The first-order valence-corrected chi connectivity index (χ1v) is 11.0. The number of nitrogens with zero attached hydrogens (tertiary/aromatic N) is 1. The molecule has 1 aliphatic rings. The van der Waals surface area contributed by atoms with E-state index in [1.54, 1.807) is 12.1 Å². The van der Waals surface area contributed by atoms with E-state index in [1.165, 1.54) is 16.3 Å². The normalized spacial score (nSPS) is 15.8. The van der Waals surface area contributed by atoms with Crippen molar-refractivity contribution in [3.63, 3.8) is 0 Å². The lowest BCUT2D eigenvalue weighted by Crippen LogP contribution is -2.41. The number of hydrogen-bond donors (Lipinski definition) is 2. The van der Waals surface area contributed by atoms with Gasteiger partial charge < -0.3 is 10.3 Å². The second-order valence-corrected chi connectivity index (χ2v) is 9.22. The van der Waals surface area contributed by atoms with Crippen LogP contribution in [-0.4, -0.2) is 21.2 Å². The molecule has 2 N–H and O–H groups in total. The van der Waals surface area contributed by atoms with Crippen LogP contribution >= 0.6 is 39.3 Å². The zero-order valence-corrected chi connectivity index (χ0v) is 18.5. The molecule has 0 bridgehead atoms. The molecule has 1 amide bonds. The van der Waals surface area contributed by atoms with Crippen LogP contribution in [0.15, 0.2) is 49.3 Å². The first kappa shape index (κ1) is 22.0. The summed E-state index contributed by atoms with van der Waals surface area (Å²) in [6, 6.07) is 5.41. The number of aromatic amines is 1. The summed E-state index contributed by atoms with van der Waals surface area (Å²) in [5.74, 6) is -0.307. The largest absolute Gasteiger partial charge is 0.416 e. The lowest BCUT2D eigenvalue weighted by molar-refractivity contribution is -0.137. The van der Waals surface area contributed by atoms with Gasteiger partial charge >= 0.3 is 17.3 Å². The van der Waals surface area contributed by atoms with Gasteiger partial charge in [0.25, 0.3) is 0 Å². The fourth-order valence-corrected chi connectivity index (χ4v) is 5.35. The third-order valence-electron chi connectivity index (χ3n) is 4.73. The van der Waals surface area contributed by atoms with Gasteiger partial charge in [0, 0.05) is 21.5 Å². The van der Waals surface area contributed by atoms with Gasteiger partial charge in [0.15, 0.2) is 0 Å². The number of benzene rings is 2. The quantitative estimate of drug-likeness (QED) is 0.473. The maximum absolute atomic E-state index is 13.0. The summed E-state index contributed by atoms with van der Waals surface area (Å²) in [4.78, 5) is 40.6. The van der Waals surface area contributed by atoms with Gasteiger partial charge in [0.1, 0.15) is 0 Å². The summed E-state index contributed by atoms with van der Waals surface area (Å²) >= 11 is 10.7. The summed E-state index contributed by atoms with van der Waals surface area (Å²) in [6.07, 6.45) is -4.82. The summed E-state index contributed by atoms with van der Waals surface area (Å²) in [5, 5.41) is 2.33. The number of thioether (sulfide) groups is 1. The van der Waals surface area contributed by atoms with E-state index >= 15 is 0 Å². The fraction of sp³-hybridized carbons (Fsp3) is 0.211. The highest BCUT2D eigenvalue weighted by Crippen LogP contribution is 2.38. The van der Waals surface area contributed by atoms with Crippen molar-refractivity contribution in [3.8, 4) is 0 Å². The number of rotatable bonds is 3. The summed E-state index contributed by atoms with van der Waals surface area (Å²) in [5.41, 5.74) is -1.82. The molecule has 0 saturated carbocycles. The van der Waals surface area contributed by atoms with Crippen LogP contribution in [0, 0.1) is 0 Å². The Kier molecular flexibility index (Phi) is 5.69. The van der Waals surface area contributed by atoms with Crippen LogP contribution in [0.4, 0.5) is 18.9 Å². The second kappa shape index (κ2) is 8.03. The lowest BCUT2D eigenvalue weighted by Gasteiger charge is -2.27. The number of alkyl halides is 3. The molecule has 0 aliphatic carbocycles. The molecule has 31 heavy (non-hydrogen) atoms. The van der Waals surface area contributed by atoms with Crippen LogP contribution in [0.3, 0.4) is 0 Å². The monoisotopic (exact) mass is 533 g/mol. The molecular formula is C19H12BrClF3N3O3S. The first-order chi connectivity index (χ1) is 14.5. The number of aromatic nitrogens is 2. The van der Waals surface area contributed by atoms with E-state index in [0.717, 1.165) is 27.6 Å². The van der Waals surface area contributed by atoms with E-state index < -0.39 is 34.8 Å². The van der Waals surface area contributed by atoms with Crippen LogP contribution in [0.1, 0.15) is 18.0 Å². The van der Waals surface area contributed by atoms with Gasteiger partial charge in [0.2, 0.25) is 5.91 Å².